The van der Waals surface area contributed by atoms with Crippen LogP contribution in [0.3, 0.4) is 0 Å². The first-order valence-electron chi connectivity index (χ1n) is 7.59. The lowest BCUT2D eigenvalue weighted by Gasteiger charge is -2.26. The van der Waals surface area contributed by atoms with Crippen LogP contribution in [0.4, 0.5) is 0 Å². The number of ether oxygens (including phenoxy) is 2. The first-order valence-corrected chi connectivity index (χ1v) is 7.59. The summed E-state index contributed by atoms with van der Waals surface area (Å²) in [5.41, 5.74) is 1.49. The molecule has 0 atom stereocenters. The maximum atomic E-state index is 5.54. The van der Waals surface area contributed by atoms with Gasteiger partial charge in [-0.1, -0.05) is 44.2 Å². The van der Waals surface area contributed by atoms with E-state index in [1.165, 1.54) is 5.56 Å². The third-order valence-corrected chi connectivity index (χ3v) is 3.38. The van der Waals surface area contributed by atoms with Crippen molar-refractivity contribution >= 4 is 0 Å². The molecule has 0 saturated carbocycles. The van der Waals surface area contributed by atoms with E-state index in [0.29, 0.717) is 13.2 Å². The highest BCUT2D eigenvalue weighted by molar-refractivity contribution is 5.23. The molecule has 0 bridgehead atoms. The molecule has 1 rings (SSSR count). The van der Waals surface area contributed by atoms with Crippen LogP contribution in [-0.4, -0.2) is 32.6 Å². The van der Waals surface area contributed by atoms with Gasteiger partial charge in [0.25, 0.3) is 0 Å². The van der Waals surface area contributed by atoms with E-state index in [1.807, 2.05) is 13.8 Å². The van der Waals surface area contributed by atoms with Crippen molar-refractivity contribution < 1.29 is 9.47 Å². The summed E-state index contributed by atoms with van der Waals surface area (Å²) >= 11 is 0. The van der Waals surface area contributed by atoms with Crippen molar-refractivity contribution in [3.8, 4) is 0 Å². The van der Waals surface area contributed by atoms with Gasteiger partial charge >= 0.3 is 0 Å². The number of rotatable bonds is 10. The first kappa shape index (κ1) is 17.2. The number of nitrogens with one attached hydrogen (secondary N) is 1. The minimum absolute atomic E-state index is 0.0858. The van der Waals surface area contributed by atoms with Crippen LogP contribution < -0.4 is 5.32 Å². The van der Waals surface area contributed by atoms with Gasteiger partial charge in [0, 0.05) is 31.6 Å². The molecule has 0 amide bonds. The zero-order chi connectivity index (χ0) is 14.8. The van der Waals surface area contributed by atoms with E-state index < -0.39 is 0 Å². The maximum absolute atomic E-state index is 5.54. The number of benzene rings is 1. The van der Waals surface area contributed by atoms with Crippen molar-refractivity contribution in [1.82, 2.24) is 5.32 Å². The smallest absolute Gasteiger partial charge is 0.158 e. The van der Waals surface area contributed by atoms with Gasteiger partial charge in [0.05, 0.1) is 0 Å². The van der Waals surface area contributed by atoms with Crippen LogP contribution in [0.2, 0.25) is 0 Å². The van der Waals surface area contributed by atoms with Crippen molar-refractivity contribution in [2.45, 2.75) is 45.8 Å². The van der Waals surface area contributed by atoms with Crippen LogP contribution in [0.15, 0.2) is 30.3 Å². The SMILES string of the molecule is CCOC(CCNCC(C)(C)c1ccccc1)OCC. The highest BCUT2D eigenvalue weighted by Gasteiger charge is 2.19. The Labute approximate surface area is 123 Å². The molecule has 20 heavy (non-hydrogen) atoms. The summed E-state index contributed by atoms with van der Waals surface area (Å²) in [4.78, 5) is 0. The van der Waals surface area contributed by atoms with Crippen LogP contribution in [0.1, 0.15) is 39.7 Å². The second kappa shape index (κ2) is 9.11. The molecule has 0 aliphatic carbocycles. The summed E-state index contributed by atoms with van der Waals surface area (Å²) in [7, 11) is 0. The molecule has 0 radical (unpaired) electrons. The van der Waals surface area contributed by atoms with Crippen molar-refractivity contribution in [2.24, 2.45) is 0 Å². The molecule has 3 nitrogen and oxygen atoms in total. The average molecular weight is 279 g/mol. The fourth-order valence-electron chi connectivity index (χ4n) is 2.20. The molecule has 1 N–H and O–H groups in total. The van der Waals surface area contributed by atoms with Crippen molar-refractivity contribution in [1.29, 1.82) is 0 Å². The Hall–Kier alpha value is -0.900. The Morgan fingerprint density at radius 1 is 1.05 bits per heavy atom. The Bertz CT molecular complexity index is 345. The van der Waals surface area contributed by atoms with E-state index in [9.17, 15) is 0 Å². The van der Waals surface area contributed by atoms with E-state index in [1.54, 1.807) is 0 Å². The van der Waals surface area contributed by atoms with Crippen LogP contribution in [0.25, 0.3) is 0 Å². The third kappa shape index (κ3) is 6.04. The van der Waals surface area contributed by atoms with E-state index in [2.05, 4.69) is 49.5 Å². The summed E-state index contributed by atoms with van der Waals surface area (Å²) in [6.07, 6.45) is 0.796. The Morgan fingerprint density at radius 2 is 1.65 bits per heavy atom. The molecular formula is C17H29NO2. The fourth-order valence-corrected chi connectivity index (χ4v) is 2.20. The van der Waals surface area contributed by atoms with Crippen molar-refractivity contribution in [2.75, 3.05) is 26.3 Å². The van der Waals surface area contributed by atoms with Crippen LogP contribution in [0, 0.1) is 0 Å². The lowest BCUT2D eigenvalue weighted by atomic mass is 9.84. The highest BCUT2D eigenvalue weighted by Crippen LogP contribution is 2.21. The zero-order valence-corrected chi connectivity index (χ0v) is 13.3. The average Bonchev–Trinajstić information content (AvgIpc) is 2.45. The molecule has 0 spiro atoms. The fraction of sp³-hybridized carbons (Fsp3) is 0.647. The predicted octanol–water partition coefficient (Wildman–Crippen LogP) is 3.34. The maximum Gasteiger partial charge on any atom is 0.158 e. The van der Waals surface area contributed by atoms with Crippen LogP contribution in [0.5, 0.6) is 0 Å². The molecule has 0 heterocycles. The van der Waals surface area contributed by atoms with Gasteiger partial charge in [0.2, 0.25) is 0 Å². The highest BCUT2D eigenvalue weighted by atomic mass is 16.7. The summed E-state index contributed by atoms with van der Waals surface area (Å²) in [5, 5.41) is 3.51. The normalized spacial score (nSPS) is 12.1. The van der Waals surface area contributed by atoms with Crippen LogP contribution in [-0.2, 0) is 14.9 Å². The van der Waals surface area contributed by atoms with E-state index in [0.717, 1.165) is 19.5 Å². The van der Waals surface area contributed by atoms with Crippen LogP contribution >= 0.6 is 0 Å². The molecule has 1 aromatic carbocycles. The molecule has 0 aromatic heterocycles. The molecular weight excluding hydrogens is 250 g/mol. The van der Waals surface area contributed by atoms with E-state index >= 15 is 0 Å². The van der Waals surface area contributed by atoms with Gasteiger partial charge in [-0.05, 0) is 26.0 Å². The molecule has 114 valence electrons. The van der Waals surface area contributed by atoms with Gasteiger partial charge in [-0.25, -0.2) is 0 Å². The lowest BCUT2D eigenvalue weighted by Crippen LogP contribution is -2.35. The van der Waals surface area contributed by atoms with Gasteiger partial charge in [-0.15, -0.1) is 0 Å². The second-order valence-electron chi connectivity index (χ2n) is 5.56. The first-order chi connectivity index (χ1) is 9.60. The minimum atomic E-state index is -0.0858. The molecule has 0 fully saturated rings. The molecule has 0 unspecified atom stereocenters. The summed E-state index contributed by atoms with van der Waals surface area (Å²) in [6.45, 7) is 11.8. The van der Waals surface area contributed by atoms with Crippen molar-refractivity contribution in [3.05, 3.63) is 35.9 Å². The Balaban J connectivity index is 2.32. The second-order valence-corrected chi connectivity index (χ2v) is 5.56. The quantitative estimate of drug-likeness (QED) is 0.526. The molecule has 1 aromatic rings. The standard InChI is InChI=1S/C17H29NO2/c1-5-19-16(20-6-2)12-13-18-14-17(3,4)15-10-8-7-9-11-15/h7-11,16,18H,5-6,12-14H2,1-4H3. The minimum Gasteiger partial charge on any atom is -0.353 e. The van der Waals surface area contributed by atoms with Gasteiger partial charge in [0.15, 0.2) is 6.29 Å². The van der Waals surface area contributed by atoms with E-state index in [-0.39, 0.29) is 11.7 Å². The largest absolute Gasteiger partial charge is 0.353 e. The van der Waals surface area contributed by atoms with Gasteiger partial charge in [-0.2, -0.15) is 0 Å². The van der Waals surface area contributed by atoms with Gasteiger partial charge < -0.3 is 14.8 Å². The zero-order valence-electron chi connectivity index (χ0n) is 13.3. The molecule has 0 aliphatic rings. The number of hydrogen-bond acceptors (Lipinski definition) is 3. The third-order valence-electron chi connectivity index (χ3n) is 3.38. The van der Waals surface area contributed by atoms with Crippen molar-refractivity contribution in [3.63, 3.8) is 0 Å². The summed E-state index contributed by atoms with van der Waals surface area (Å²) in [5.74, 6) is 0. The Morgan fingerprint density at radius 3 is 2.20 bits per heavy atom. The van der Waals surface area contributed by atoms with E-state index in [4.69, 9.17) is 9.47 Å². The molecule has 0 aliphatic heterocycles. The Kier molecular flexibility index (Phi) is 7.82. The summed E-state index contributed by atoms with van der Waals surface area (Å²) in [6, 6.07) is 10.6. The predicted molar refractivity (Wildman–Crippen MR) is 84.0 cm³/mol. The monoisotopic (exact) mass is 279 g/mol. The lowest BCUT2D eigenvalue weighted by molar-refractivity contribution is -0.138. The van der Waals surface area contributed by atoms with Gasteiger partial charge in [0.1, 0.15) is 0 Å². The molecule has 0 saturated heterocycles. The topological polar surface area (TPSA) is 30.5 Å². The van der Waals surface area contributed by atoms with Gasteiger partial charge in [-0.3, -0.25) is 0 Å². The summed E-state index contributed by atoms with van der Waals surface area (Å²) < 4.78 is 11.1. The molecule has 3 heteroatoms. The number of hydrogen-bond donors (Lipinski definition) is 1.